The van der Waals surface area contributed by atoms with E-state index in [0.29, 0.717) is 6.54 Å². The van der Waals surface area contributed by atoms with E-state index in [1.54, 1.807) is 6.08 Å². The molecule has 4 heteroatoms. The molecule has 0 unspecified atom stereocenters. The SMILES string of the molecule is O=C(C=Cc1ccc2ccccc2n1)NCC1(O)CCC1. The van der Waals surface area contributed by atoms with Crippen LogP contribution in [0.2, 0.25) is 0 Å². The maximum Gasteiger partial charge on any atom is 0.244 e. The van der Waals surface area contributed by atoms with Crippen LogP contribution in [0.25, 0.3) is 17.0 Å². The summed E-state index contributed by atoms with van der Waals surface area (Å²) >= 11 is 0. The van der Waals surface area contributed by atoms with Crippen LogP contribution < -0.4 is 5.32 Å². The lowest BCUT2D eigenvalue weighted by molar-refractivity contribution is -0.118. The predicted octanol–water partition coefficient (Wildman–Crippen LogP) is 2.28. The van der Waals surface area contributed by atoms with Gasteiger partial charge in [0.1, 0.15) is 0 Å². The summed E-state index contributed by atoms with van der Waals surface area (Å²) < 4.78 is 0. The van der Waals surface area contributed by atoms with Crippen LogP contribution in [-0.4, -0.2) is 28.1 Å². The summed E-state index contributed by atoms with van der Waals surface area (Å²) in [6, 6.07) is 11.7. The number of para-hydroxylation sites is 1. The maximum atomic E-state index is 11.7. The molecule has 0 bridgehead atoms. The van der Waals surface area contributed by atoms with Gasteiger partial charge < -0.3 is 10.4 Å². The van der Waals surface area contributed by atoms with Crippen LogP contribution in [0.1, 0.15) is 25.0 Å². The zero-order chi connectivity index (χ0) is 14.7. The normalized spacial score (nSPS) is 16.8. The van der Waals surface area contributed by atoms with E-state index in [-0.39, 0.29) is 5.91 Å². The van der Waals surface area contributed by atoms with Crippen LogP contribution in [0.4, 0.5) is 0 Å². The second kappa shape index (κ2) is 5.66. The second-order valence-electron chi connectivity index (χ2n) is 5.56. The number of aromatic nitrogens is 1. The summed E-state index contributed by atoms with van der Waals surface area (Å²) in [7, 11) is 0. The van der Waals surface area contributed by atoms with Crippen molar-refractivity contribution in [3.05, 3.63) is 48.2 Å². The van der Waals surface area contributed by atoms with Crippen molar-refractivity contribution in [2.24, 2.45) is 0 Å². The molecule has 0 atom stereocenters. The molecule has 21 heavy (non-hydrogen) atoms. The van der Waals surface area contributed by atoms with Crippen molar-refractivity contribution in [1.82, 2.24) is 10.3 Å². The fraction of sp³-hybridized carbons (Fsp3) is 0.294. The smallest absolute Gasteiger partial charge is 0.244 e. The van der Waals surface area contributed by atoms with E-state index in [2.05, 4.69) is 10.3 Å². The van der Waals surface area contributed by atoms with Crippen LogP contribution in [-0.2, 0) is 4.79 Å². The fourth-order valence-corrected chi connectivity index (χ4v) is 2.41. The van der Waals surface area contributed by atoms with E-state index in [9.17, 15) is 9.90 Å². The number of benzene rings is 1. The minimum atomic E-state index is -0.690. The van der Waals surface area contributed by atoms with Gasteiger partial charge in [0.05, 0.1) is 16.8 Å². The third-order valence-electron chi connectivity index (χ3n) is 3.90. The second-order valence-corrected chi connectivity index (χ2v) is 5.56. The Morgan fingerprint density at radius 2 is 2.10 bits per heavy atom. The highest BCUT2D eigenvalue weighted by Gasteiger charge is 2.34. The Balaban J connectivity index is 1.62. The van der Waals surface area contributed by atoms with Crippen LogP contribution >= 0.6 is 0 Å². The lowest BCUT2D eigenvalue weighted by Gasteiger charge is -2.36. The van der Waals surface area contributed by atoms with E-state index in [1.165, 1.54) is 6.08 Å². The van der Waals surface area contributed by atoms with Crippen molar-refractivity contribution in [2.45, 2.75) is 24.9 Å². The van der Waals surface area contributed by atoms with Crippen LogP contribution in [0, 0.1) is 0 Å². The summed E-state index contributed by atoms with van der Waals surface area (Å²) in [5, 5.41) is 13.7. The molecule has 3 rings (SSSR count). The van der Waals surface area contributed by atoms with Gasteiger partial charge in [-0.25, -0.2) is 4.98 Å². The standard InChI is InChI=1S/C17H18N2O2/c20-16(18-12-17(21)10-3-11-17)9-8-14-7-6-13-4-1-2-5-15(13)19-14/h1-2,4-9,21H,3,10-12H2,(H,18,20). The topological polar surface area (TPSA) is 62.2 Å². The first-order valence-electron chi connectivity index (χ1n) is 7.19. The third-order valence-corrected chi connectivity index (χ3v) is 3.90. The van der Waals surface area contributed by atoms with Crippen LogP contribution in [0.3, 0.4) is 0 Å². The molecule has 2 N–H and O–H groups in total. The monoisotopic (exact) mass is 282 g/mol. The minimum absolute atomic E-state index is 0.203. The number of pyridine rings is 1. The first-order valence-corrected chi connectivity index (χ1v) is 7.19. The zero-order valence-corrected chi connectivity index (χ0v) is 11.7. The van der Waals surface area contributed by atoms with Crippen molar-refractivity contribution in [1.29, 1.82) is 0 Å². The molecule has 1 aromatic heterocycles. The van der Waals surface area contributed by atoms with Gasteiger partial charge in [-0.15, -0.1) is 0 Å². The molecule has 1 fully saturated rings. The number of carbonyl (C=O) groups excluding carboxylic acids is 1. The number of carbonyl (C=O) groups is 1. The molecular weight excluding hydrogens is 264 g/mol. The van der Waals surface area contributed by atoms with Crippen molar-refractivity contribution in [3.8, 4) is 0 Å². The number of nitrogens with zero attached hydrogens (tertiary/aromatic N) is 1. The Labute approximate surface area is 123 Å². The Bertz CT molecular complexity index is 690. The number of fused-ring (bicyclic) bond motifs is 1. The van der Waals surface area contributed by atoms with Gasteiger partial charge in [-0.05, 0) is 37.5 Å². The van der Waals surface area contributed by atoms with Crippen molar-refractivity contribution >= 4 is 22.9 Å². The molecule has 1 aliphatic carbocycles. The summed E-state index contributed by atoms with van der Waals surface area (Å²) in [6.07, 6.45) is 5.71. The average molecular weight is 282 g/mol. The highest BCUT2D eigenvalue weighted by molar-refractivity contribution is 5.92. The summed E-state index contributed by atoms with van der Waals surface area (Å²) in [4.78, 5) is 16.2. The molecule has 0 saturated heterocycles. The van der Waals surface area contributed by atoms with Crippen LogP contribution in [0.15, 0.2) is 42.5 Å². The highest BCUT2D eigenvalue weighted by Crippen LogP contribution is 2.30. The quantitative estimate of drug-likeness (QED) is 0.846. The number of hydrogen-bond acceptors (Lipinski definition) is 3. The number of amides is 1. The van der Waals surface area contributed by atoms with Crippen molar-refractivity contribution in [3.63, 3.8) is 0 Å². The molecule has 0 aliphatic heterocycles. The highest BCUT2D eigenvalue weighted by atomic mass is 16.3. The van der Waals surface area contributed by atoms with E-state index < -0.39 is 5.60 Å². The van der Waals surface area contributed by atoms with Gasteiger partial charge in [-0.2, -0.15) is 0 Å². The van der Waals surface area contributed by atoms with E-state index in [4.69, 9.17) is 0 Å². The first kappa shape index (κ1) is 13.8. The van der Waals surface area contributed by atoms with Gasteiger partial charge in [-0.1, -0.05) is 24.3 Å². The third kappa shape index (κ3) is 3.28. The lowest BCUT2D eigenvalue weighted by atomic mass is 9.80. The molecule has 1 aromatic carbocycles. The molecule has 0 spiro atoms. The Morgan fingerprint density at radius 1 is 1.29 bits per heavy atom. The largest absolute Gasteiger partial charge is 0.388 e. The lowest BCUT2D eigenvalue weighted by Crippen LogP contribution is -2.47. The minimum Gasteiger partial charge on any atom is -0.388 e. The summed E-state index contributed by atoms with van der Waals surface area (Å²) in [6.45, 7) is 0.321. The summed E-state index contributed by atoms with van der Waals surface area (Å²) in [5.41, 5.74) is 0.958. The number of aliphatic hydroxyl groups is 1. The average Bonchev–Trinajstić information content (AvgIpc) is 2.49. The Kier molecular flexibility index (Phi) is 3.71. The van der Waals surface area contributed by atoms with E-state index in [0.717, 1.165) is 35.9 Å². The van der Waals surface area contributed by atoms with Gasteiger partial charge in [0.2, 0.25) is 5.91 Å². The number of hydrogen-bond donors (Lipinski definition) is 2. The van der Waals surface area contributed by atoms with E-state index in [1.807, 2.05) is 36.4 Å². The molecule has 1 saturated carbocycles. The Hall–Kier alpha value is -2.20. The first-order chi connectivity index (χ1) is 10.1. The molecule has 2 aromatic rings. The number of nitrogens with one attached hydrogen (secondary N) is 1. The van der Waals surface area contributed by atoms with Crippen molar-refractivity contribution in [2.75, 3.05) is 6.54 Å². The van der Waals surface area contributed by atoms with Gasteiger partial charge in [0, 0.05) is 18.0 Å². The predicted molar refractivity (Wildman–Crippen MR) is 82.6 cm³/mol. The maximum absolute atomic E-state index is 11.7. The van der Waals surface area contributed by atoms with Gasteiger partial charge in [0.15, 0.2) is 0 Å². The molecule has 0 radical (unpaired) electrons. The number of rotatable bonds is 4. The Morgan fingerprint density at radius 3 is 2.86 bits per heavy atom. The summed E-state index contributed by atoms with van der Waals surface area (Å²) in [5.74, 6) is -0.203. The van der Waals surface area contributed by atoms with Gasteiger partial charge in [0.25, 0.3) is 0 Å². The van der Waals surface area contributed by atoms with Gasteiger partial charge >= 0.3 is 0 Å². The molecule has 1 aliphatic rings. The van der Waals surface area contributed by atoms with Crippen molar-refractivity contribution < 1.29 is 9.90 Å². The fourth-order valence-electron chi connectivity index (χ4n) is 2.41. The molecule has 108 valence electrons. The van der Waals surface area contributed by atoms with Crippen LogP contribution in [0.5, 0.6) is 0 Å². The molecule has 4 nitrogen and oxygen atoms in total. The molecule has 1 heterocycles. The zero-order valence-electron chi connectivity index (χ0n) is 11.7. The molecule has 1 amide bonds. The molecular formula is C17H18N2O2. The van der Waals surface area contributed by atoms with E-state index >= 15 is 0 Å². The van der Waals surface area contributed by atoms with Gasteiger partial charge in [-0.3, -0.25) is 4.79 Å².